The maximum atomic E-state index is 13.1. The summed E-state index contributed by atoms with van der Waals surface area (Å²) in [5, 5.41) is 10.3. The van der Waals surface area contributed by atoms with Gasteiger partial charge in [0.25, 0.3) is 5.56 Å². The number of aryl methyl sites for hydroxylation is 3. The minimum absolute atomic E-state index is 0.0169. The van der Waals surface area contributed by atoms with Crippen molar-refractivity contribution in [2.45, 2.75) is 38.6 Å². The summed E-state index contributed by atoms with van der Waals surface area (Å²) < 4.78 is 15.2. The highest BCUT2D eigenvalue weighted by molar-refractivity contribution is 7.19. The minimum Gasteiger partial charge on any atom is -0.477 e. The van der Waals surface area contributed by atoms with Crippen LogP contribution in [-0.4, -0.2) is 15.6 Å². The Morgan fingerprint density at radius 3 is 2.65 bits per heavy atom. The summed E-state index contributed by atoms with van der Waals surface area (Å²) >= 11 is 1.55. The molecule has 1 aliphatic rings. The highest BCUT2D eigenvalue weighted by atomic mass is 32.1. The van der Waals surface area contributed by atoms with Crippen LogP contribution in [0.1, 0.15) is 39.3 Å². The van der Waals surface area contributed by atoms with E-state index in [1.165, 1.54) is 21.6 Å². The maximum Gasteiger partial charge on any atom is 0.352 e. The Morgan fingerprint density at radius 1 is 1.19 bits per heavy atom. The van der Waals surface area contributed by atoms with Gasteiger partial charge in [0.15, 0.2) is 0 Å². The van der Waals surface area contributed by atoms with E-state index in [-0.39, 0.29) is 23.6 Å². The molecule has 4 rings (SSSR count). The Hall–Kier alpha value is -2.47. The van der Waals surface area contributed by atoms with Gasteiger partial charge >= 0.3 is 5.97 Å². The van der Waals surface area contributed by atoms with Crippen LogP contribution in [0.5, 0.6) is 0 Å². The molecule has 0 atom stereocenters. The number of thiophene rings is 1. The zero-order chi connectivity index (χ0) is 18.3. The van der Waals surface area contributed by atoms with Crippen molar-refractivity contribution in [3.63, 3.8) is 0 Å². The molecule has 0 saturated carbocycles. The second-order valence-corrected chi connectivity index (χ2v) is 7.75. The first kappa shape index (κ1) is 17.0. The largest absolute Gasteiger partial charge is 0.477 e. The first-order valence-corrected chi connectivity index (χ1v) is 9.52. The van der Waals surface area contributed by atoms with Gasteiger partial charge in [0.05, 0.1) is 5.39 Å². The Bertz CT molecular complexity index is 1050. The number of halogens is 1. The molecule has 0 unspecified atom stereocenters. The molecule has 1 aliphatic carbocycles. The van der Waals surface area contributed by atoms with Gasteiger partial charge in [-0.05, 0) is 61.4 Å². The lowest BCUT2D eigenvalue weighted by Crippen LogP contribution is -2.27. The molecule has 2 aromatic heterocycles. The molecular formula is C20H18FNO3S. The second kappa shape index (κ2) is 6.68. The van der Waals surface area contributed by atoms with Gasteiger partial charge in [0, 0.05) is 16.1 Å². The van der Waals surface area contributed by atoms with Crippen molar-refractivity contribution in [3.8, 4) is 0 Å². The molecule has 1 N–H and O–H groups in total. The smallest absolute Gasteiger partial charge is 0.352 e. The number of nitrogens with zero attached hydrogens (tertiary/aromatic N) is 1. The molecule has 0 radical (unpaired) electrons. The van der Waals surface area contributed by atoms with Crippen molar-refractivity contribution in [1.82, 2.24) is 4.57 Å². The third-order valence-electron chi connectivity index (χ3n) is 4.97. The molecular weight excluding hydrogens is 353 g/mol. The zero-order valence-electron chi connectivity index (χ0n) is 14.1. The second-order valence-electron chi connectivity index (χ2n) is 6.62. The first-order valence-electron chi connectivity index (χ1n) is 8.70. The molecule has 2 heterocycles. The average molecular weight is 371 g/mol. The predicted octanol–water partition coefficient (Wildman–Crippen LogP) is 4.02. The molecule has 134 valence electrons. The van der Waals surface area contributed by atoms with E-state index in [0.717, 1.165) is 41.5 Å². The standard InChI is InChI=1S/C20H18FNO3S/c21-13-7-5-12(6-8-13)9-10-22-15(20(24)25)11-17-18(19(22)23)14-3-1-2-4-16(14)26-17/h5-8,11H,1-4,9-10H2,(H,24,25). The molecule has 1 aromatic carbocycles. The number of aromatic nitrogens is 1. The minimum atomic E-state index is -1.10. The lowest BCUT2D eigenvalue weighted by molar-refractivity contribution is 0.0683. The van der Waals surface area contributed by atoms with Crippen LogP contribution in [-0.2, 0) is 25.8 Å². The molecule has 26 heavy (non-hydrogen) atoms. The van der Waals surface area contributed by atoms with Crippen molar-refractivity contribution >= 4 is 27.4 Å². The normalized spacial score (nSPS) is 13.7. The molecule has 6 heteroatoms. The van der Waals surface area contributed by atoms with Gasteiger partial charge < -0.3 is 9.67 Å². The van der Waals surface area contributed by atoms with E-state index in [0.29, 0.717) is 11.8 Å². The first-order chi connectivity index (χ1) is 12.5. The number of fused-ring (bicyclic) bond motifs is 3. The van der Waals surface area contributed by atoms with E-state index in [2.05, 4.69) is 0 Å². The quantitative estimate of drug-likeness (QED) is 0.753. The third kappa shape index (κ3) is 2.94. The fourth-order valence-electron chi connectivity index (χ4n) is 3.66. The molecule has 0 saturated heterocycles. The lowest BCUT2D eigenvalue weighted by Gasteiger charge is -2.13. The van der Waals surface area contributed by atoms with Crippen LogP contribution in [0.15, 0.2) is 35.1 Å². The number of benzene rings is 1. The number of aromatic carboxylic acids is 1. The van der Waals surface area contributed by atoms with Crippen molar-refractivity contribution < 1.29 is 14.3 Å². The van der Waals surface area contributed by atoms with Gasteiger partial charge in [-0.3, -0.25) is 4.79 Å². The summed E-state index contributed by atoms with van der Waals surface area (Å²) in [4.78, 5) is 26.0. The van der Waals surface area contributed by atoms with Gasteiger partial charge in [-0.1, -0.05) is 12.1 Å². The summed E-state index contributed by atoms with van der Waals surface area (Å²) in [7, 11) is 0. The SMILES string of the molecule is O=C(O)c1cc2sc3c(c2c(=O)n1CCc1ccc(F)cc1)CCCC3. The van der Waals surface area contributed by atoms with Gasteiger partial charge in [-0.15, -0.1) is 11.3 Å². The van der Waals surface area contributed by atoms with E-state index in [4.69, 9.17) is 0 Å². The van der Waals surface area contributed by atoms with Gasteiger partial charge in [0.1, 0.15) is 11.5 Å². The van der Waals surface area contributed by atoms with Crippen LogP contribution in [0.25, 0.3) is 10.1 Å². The van der Waals surface area contributed by atoms with Crippen LogP contribution < -0.4 is 5.56 Å². The molecule has 0 aliphatic heterocycles. The Balaban J connectivity index is 1.79. The van der Waals surface area contributed by atoms with Gasteiger partial charge in [0.2, 0.25) is 0 Å². The monoisotopic (exact) mass is 371 g/mol. The zero-order valence-corrected chi connectivity index (χ0v) is 14.9. The molecule has 3 aromatic rings. The number of carbonyl (C=O) groups is 1. The van der Waals surface area contributed by atoms with Crippen LogP contribution in [0.2, 0.25) is 0 Å². The van der Waals surface area contributed by atoms with Crippen molar-refractivity contribution in [2.75, 3.05) is 0 Å². The predicted molar refractivity (Wildman–Crippen MR) is 99.8 cm³/mol. The summed E-state index contributed by atoms with van der Waals surface area (Å²) in [5.41, 5.74) is 1.76. The summed E-state index contributed by atoms with van der Waals surface area (Å²) in [6.07, 6.45) is 4.50. The fourth-order valence-corrected chi connectivity index (χ4v) is 4.98. The Morgan fingerprint density at radius 2 is 1.92 bits per heavy atom. The number of hydrogen-bond donors (Lipinski definition) is 1. The van der Waals surface area contributed by atoms with E-state index in [1.54, 1.807) is 29.5 Å². The third-order valence-corrected chi connectivity index (χ3v) is 6.21. The molecule has 0 fully saturated rings. The summed E-state index contributed by atoms with van der Waals surface area (Å²) in [6.45, 7) is 0.257. The lowest BCUT2D eigenvalue weighted by atomic mass is 9.96. The summed E-state index contributed by atoms with van der Waals surface area (Å²) in [5.74, 6) is -1.42. The van der Waals surface area contributed by atoms with Crippen LogP contribution in [0, 0.1) is 5.82 Å². The number of carboxylic acid groups (broad SMARTS) is 1. The Kier molecular flexibility index (Phi) is 4.36. The fraction of sp³-hybridized carbons (Fsp3) is 0.300. The van der Waals surface area contributed by atoms with Crippen LogP contribution in [0.3, 0.4) is 0 Å². The topological polar surface area (TPSA) is 59.3 Å². The van der Waals surface area contributed by atoms with Crippen LogP contribution >= 0.6 is 11.3 Å². The number of pyridine rings is 1. The molecule has 0 amide bonds. The Labute approximate surface area is 153 Å². The van der Waals surface area contributed by atoms with Gasteiger partial charge in [-0.2, -0.15) is 0 Å². The van der Waals surface area contributed by atoms with E-state index < -0.39 is 5.97 Å². The molecule has 0 spiro atoms. The van der Waals surface area contributed by atoms with E-state index in [1.807, 2.05) is 0 Å². The number of hydrogen-bond acceptors (Lipinski definition) is 3. The van der Waals surface area contributed by atoms with Crippen molar-refractivity contribution in [1.29, 1.82) is 0 Å². The summed E-state index contributed by atoms with van der Waals surface area (Å²) in [6, 6.07) is 7.69. The average Bonchev–Trinajstić information content (AvgIpc) is 3.00. The number of carboxylic acids is 1. The van der Waals surface area contributed by atoms with E-state index in [9.17, 15) is 19.1 Å². The molecule has 4 nitrogen and oxygen atoms in total. The van der Waals surface area contributed by atoms with E-state index >= 15 is 0 Å². The van der Waals surface area contributed by atoms with Gasteiger partial charge in [-0.25, -0.2) is 9.18 Å². The highest BCUT2D eigenvalue weighted by Gasteiger charge is 2.22. The van der Waals surface area contributed by atoms with Crippen LogP contribution in [0.4, 0.5) is 4.39 Å². The molecule has 0 bridgehead atoms. The maximum absolute atomic E-state index is 13.1. The highest BCUT2D eigenvalue weighted by Crippen LogP contribution is 2.35. The number of rotatable bonds is 4. The van der Waals surface area contributed by atoms with Crippen molar-refractivity contribution in [2.24, 2.45) is 0 Å². The van der Waals surface area contributed by atoms with Crippen molar-refractivity contribution in [3.05, 3.63) is 68.2 Å².